The largest absolute Gasteiger partial charge is 0.478 e. The number of carboxylic acid groups (broad SMARTS) is 1. The van der Waals surface area contributed by atoms with Crippen molar-refractivity contribution in [2.45, 2.75) is 17.0 Å². The molecule has 0 aliphatic carbocycles. The number of rotatable bonds is 5. The van der Waals surface area contributed by atoms with Crippen LogP contribution in [0.3, 0.4) is 0 Å². The van der Waals surface area contributed by atoms with Crippen LogP contribution in [0.1, 0.15) is 15.4 Å². The third kappa shape index (κ3) is 3.97. The number of aryl methyl sites for hydroxylation is 1. The molecule has 0 aromatic carbocycles. The number of hydrogen-bond acceptors (Lipinski definition) is 5. The van der Waals surface area contributed by atoms with Crippen LogP contribution >= 0.6 is 34.4 Å². The van der Waals surface area contributed by atoms with Gasteiger partial charge in [-0.15, -0.1) is 22.7 Å². The standard InChI is InChI=1S/C12H11NO2S3/c1-8-6-16-12(13-8)17-7-10-3-2-9(18-10)4-5-11(14)15/h2-6H,7H2,1H3,(H,14,15). The van der Waals surface area contributed by atoms with Gasteiger partial charge >= 0.3 is 5.97 Å². The number of nitrogens with zero attached hydrogens (tertiary/aromatic N) is 1. The first-order valence-corrected chi connectivity index (χ1v) is 7.86. The first-order chi connectivity index (χ1) is 8.63. The van der Waals surface area contributed by atoms with Crippen LogP contribution in [-0.4, -0.2) is 16.1 Å². The van der Waals surface area contributed by atoms with Gasteiger partial charge in [-0.25, -0.2) is 9.78 Å². The number of aliphatic carboxylic acids is 1. The third-order valence-corrected chi connectivity index (χ3v) is 5.43. The van der Waals surface area contributed by atoms with Crippen LogP contribution in [0.2, 0.25) is 0 Å². The van der Waals surface area contributed by atoms with Gasteiger partial charge in [-0.2, -0.15) is 0 Å². The molecule has 0 saturated carbocycles. The van der Waals surface area contributed by atoms with E-state index < -0.39 is 5.97 Å². The lowest BCUT2D eigenvalue weighted by molar-refractivity contribution is -0.131. The summed E-state index contributed by atoms with van der Waals surface area (Å²) in [5.41, 5.74) is 1.05. The number of thioether (sulfide) groups is 1. The van der Waals surface area contributed by atoms with Crippen LogP contribution in [0, 0.1) is 6.92 Å². The highest BCUT2D eigenvalue weighted by atomic mass is 32.2. The summed E-state index contributed by atoms with van der Waals surface area (Å²) in [5, 5.41) is 10.6. The van der Waals surface area contributed by atoms with E-state index in [2.05, 4.69) is 4.98 Å². The average molecular weight is 297 g/mol. The van der Waals surface area contributed by atoms with E-state index in [1.807, 2.05) is 24.4 Å². The summed E-state index contributed by atoms with van der Waals surface area (Å²) in [6.07, 6.45) is 2.78. The lowest BCUT2D eigenvalue weighted by atomic mass is 10.4. The van der Waals surface area contributed by atoms with E-state index in [-0.39, 0.29) is 0 Å². The monoisotopic (exact) mass is 297 g/mol. The highest BCUT2D eigenvalue weighted by molar-refractivity contribution is 8.00. The Balaban J connectivity index is 1.92. The molecule has 0 unspecified atom stereocenters. The molecule has 0 spiro atoms. The highest BCUT2D eigenvalue weighted by Gasteiger charge is 2.03. The maximum atomic E-state index is 10.4. The van der Waals surface area contributed by atoms with Crippen molar-refractivity contribution in [2.24, 2.45) is 0 Å². The first kappa shape index (κ1) is 13.3. The van der Waals surface area contributed by atoms with Crippen molar-refractivity contribution in [3.8, 4) is 0 Å². The Bertz CT molecular complexity index is 571. The zero-order valence-electron chi connectivity index (χ0n) is 9.62. The molecular weight excluding hydrogens is 286 g/mol. The Morgan fingerprint density at radius 3 is 3.06 bits per heavy atom. The van der Waals surface area contributed by atoms with E-state index in [1.54, 1.807) is 40.5 Å². The summed E-state index contributed by atoms with van der Waals surface area (Å²) in [7, 11) is 0. The van der Waals surface area contributed by atoms with Gasteiger partial charge in [0.15, 0.2) is 0 Å². The summed E-state index contributed by atoms with van der Waals surface area (Å²) < 4.78 is 1.07. The number of carbonyl (C=O) groups is 1. The van der Waals surface area contributed by atoms with Crippen molar-refractivity contribution in [1.29, 1.82) is 0 Å². The minimum atomic E-state index is -0.919. The second kappa shape index (κ2) is 6.17. The molecule has 1 N–H and O–H groups in total. The maximum absolute atomic E-state index is 10.4. The Morgan fingerprint density at radius 2 is 2.39 bits per heavy atom. The van der Waals surface area contributed by atoms with Crippen LogP contribution in [0.15, 0.2) is 27.9 Å². The smallest absolute Gasteiger partial charge is 0.328 e. The topological polar surface area (TPSA) is 50.2 Å². The zero-order chi connectivity index (χ0) is 13.0. The van der Waals surface area contributed by atoms with E-state index >= 15 is 0 Å². The molecule has 0 aliphatic heterocycles. The second-order valence-corrected chi connectivity index (χ2v) is 6.80. The fraction of sp³-hybridized carbons (Fsp3) is 0.167. The quantitative estimate of drug-likeness (QED) is 0.671. The van der Waals surface area contributed by atoms with Crippen molar-refractivity contribution in [3.63, 3.8) is 0 Å². The molecule has 6 heteroatoms. The molecule has 2 rings (SSSR count). The minimum Gasteiger partial charge on any atom is -0.478 e. The molecule has 2 aromatic rings. The molecular formula is C12H11NO2S3. The average Bonchev–Trinajstić information content (AvgIpc) is 2.93. The molecule has 2 heterocycles. The van der Waals surface area contributed by atoms with Crippen LogP contribution in [0.25, 0.3) is 6.08 Å². The maximum Gasteiger partial charge on any atom is 0.328 e. The zero-order valence-corrected chi connectivity index (χ0v) is 12.1. The Morgan fingerprint density at radius 1 is 1.56 bits per heavy atom. The molecule has 3 nitrogen and oxygen atoms in total. The lowest BCUT2D eigenvalue weighted by Gasteiger charge is -1.93. The summed E-state index contributed by atoms with van der Waals surface area (Å²) in [6.45, 7) is 1.99. The van der Waals surface area contributed by atoms with Gasteiger partial charge in [-0.1, -0.05) is 11.8 Å². The first-order valence-electron chi connectivity index (χ1n) is 5.18. The summed E-state index contributed by atoms with van der Waals surface area (Å²) in [6, 6.07) is 3.97. The van der Waals surface area contributed by atoms with Crippen LogP contribution in [0.4, 0.5) is 0 Å². The highest BCUT2D eigenvalue weighted by Crippen LogP contribution is 2.29. The number of aromatic nitrogens is 1. The molecule has 0 amide bonds. The Kier molecular flexibility index (Phi) is 4.57. The number of carboxylic acids is 1. The predicted octanol–water partition coefficient (Wildman–Crippen LogP) is 3.90. The van der Waals surface area contributed by atoms with Crippen LogP contribution in [-0.2, 0) is 10.5 Å². The SMILES string of the molecule is Cc1csc(SCc2ccc(C=CC(=O)O)s2)n1. The lowest BCUT2D eigenvalue weighted by Crippen LogP contribution is -1.84. The van der Waals surface area contributed by atoms with Gasteiger partial charge in [0.2, 0.25) is 0 Å². The van der Waals surface area contributed by atoms with Crippen LogP contribution < -0.4 is 0 Å². The van der Waals surface area contributed by atoms with Crippen molar-refractivity contribution >= 4 is 46.5 Å². The van der Waals surface area contributed by atoms with E-state index in [0.29, 0.717) is 0 Å². The van der Waals surface area contributed by atoms with Gasteiger partial charge in [-0.3, -0.25) is 0 Å². The van der Waals surface area contributed by atoms with Gasteiger partial charge in [0.1, 0.15) is 4.34 Å². The van der Waals surface area contributed by atoms with Gasteiger partial charge in [0.05, 0.1) is 0 Å². The summed E-state index contributed by atoms with van der Waals surface area (Å²) in [4.78, 5) is 17.0. The third-order valence-electron chi connectivity index (χ3n) is 2.01. The molecule has 94 valence electrons. The molecule has 0 saturated heterocycles. The molecule has 0 bridgehead atoms. The molecule has 2 aromatic heterocycles. The van der Waals surface area contributed by atoms with Gasteiger partial charge in [-0.05, 0) is 25.1 Å². The second-order valence-electron chi connectivity index (χ2n) is 3.52. The Hall–Kier alpha value is -1.11. The molecule has 0 aliphatic rings. The summed E-state index contributed by atoms with van der Waals surface area (Å²) >= 11 is 4.97. The molecule has 0 fully saturated rings. The van der Waals surface area contributed by atoms with E-state index in [0.717, 1.165) is 26.7 Å². The number of thiophene rings is 1. The van der Waals surface area contributed by atoms with Crippen molar-refractivity contribution in [2.75, 3.05) is 0 Å². The molecule has 0 radical (unpaired) electrons. The fourth-order valence-electron chi connectivity index (χ4n) is 1.25. The normalized spacial score (nSPS) is 11.2. The van der Waals surface area contributed by atoms with Crippen molar-refractivity contribution in [3.05, 3.63) is 39.0 Å². The summed E-state index contributed by atoms with van der Waals surface area (Å²) in [5.74, 6) is -0.0454. The van der Waals surface area contributed by atoms with Gasteiger partial charge in [0.25, 0.3) is 0 Å². The van der Waals surface area contributed by atoms with E-state index in [9.17, 15) is 4.79 Å². The molecule has 18 heavy (non-hydrogen) atoms. The van der Waals surface area contributed by atoms with E-state index in [1.165, 1.54) is 4.88 Å². The van der Waals surface area contributed by atoms with Gasteiger partial charge in [0, 0.05) is 32.7 Å². The van der Waals surface area contributed by atoms with Gasteiger partial charge < -0.3 is 5.11 Å². The molecule has 0 atom stereocenters. The number of thiazole rings is 1. The van der Waals surface area contributed by atoms with Crippen molar-refractivity contribution < 1.29 is 9.90 Å². The fourth-order valence-corrected chi connectivity index (χ4v) is 4.05. The predicted molar refractivity (Wildman–Crippen MR) is 77.4 cm³/mol. The Labute approximate surface area is 117 Å². The number of hydrogen-bond donors (Lipinski definition) is 1. The minimum absolute atomic E-state index is 0.874. The van der Waals surface area contributed by atoms with Crippen LogP contribution in [0.5, 0.6) is 0 Å². The van der Waals surface area contributed by atoms with E-state index in [4.69, 9.17) is 5.11 Å². The van der Waals surface area contributed by atoms with Crippen molar-refractivity contribution in [1.82, 2.24) is 4.98 Å².